The van der Waals surface area contributed by atoms with Crippen molar-refractivity contribution in [2.24, 2.45) is 0 Å². The first-order valence-electron chi connectivity index (χ1n) is 10.7. The molecule has 0 aliphatic carbocycles. The lowest BCUT2D eigenvalue weighted by atomic mass is 10.1. The molecule has 1 saturated heterocycles. The third kappa shape index (κ3) is 5.90. The Morgan fingerprint density at radius 1 is 1.07 bits per heavy atom. The van der Waals surface area contributed by atoms with E-state index in [-0.39, 0.29) is 11.8 Å². The van der Waals surface area contributed by atoms with Crippen LogP contribution in [0.2, 0.25) is 0 Å². The number of nitrogens with one attached hydrogen (secondary N) is 3. The summed E-state index contributed by atoms with van der Waals surface area (Å²) >= 11 is 0. The van der Waals surface area contributed by atoms with Gasteiger partial charge in [-0.25, -0.2) is 0 Å². The van der Waals surface area contributed by atoms with Gasteiger partial charge < -0.3 is 20.0 Å². The minimum atomic E-state index is -0.0823. The summed E-state index contributed by atoms with van der Waals surface area (Å²) in [5, 5.41) is 2.63. The van der Waals surface area contributed by atoms with E-state index >= 15 is 0 Å². The van der Waals surface area contributed by atoms with Crippen LogP contribution in [0.15, 0.2) is 48.5 Å². The van der Waals surface area contributed by atoms with Crippen molar-refractivity contribution in [1.82, 2.24) is 10.2 Å². The summed E-state index contributed by atoms with van der Waals surface area (Å²) in [6, 6.07) is 16.2. The highest BCUT2D eigenvalue weighted by Crippen LogP contribution is 2.05. The molecule has 1 atom stereocenters. The molecule has 2 aromatic rings. The quantitative estimate of drug-likeness (QED) is 0.565. The molecule has 30 heavy (non-hydrogen) atoms. The maximum atomic E-state index is 12.7. The molecule has 6 nitrogen and oxygen atoms in total. The summed E-state index contributed by atoms with van der Waals surface area (Å²) in [6.07, 6.45) is 0. The van der Waals surface area contributed by atoms with Crippen LogP contribution >= 0.6 is 0 Å². The lowest BCUT2D eigenvalue weighted by molar-refractivity contribution is -0.918. The Morgan fingerprint density at radius 3 is 2.37 bits per heavy atom. The SMILES string of the molecule is CNC(=O)c1ccc(C[NH+](C)CC(=O)N2CC[NH+](Cc3ccccc3C)CC2)cc1. The van der Waals surface area contributed by atoms with Crippen molar-refractivity contribution in [2.45, 2.75) is 20.0 Å². The van der Waals surface area contributed by atoms with Crippen molar-refractivity contribution in [1.29, 1.82) is 0 Å². The fourth-order valence-electron chi connectivity index (χ4n) is 4.03. The second kappa shape index (κ2) is 10.4. The molecule has 3 rings (SSSR count). The summed E-state index contributed by atoms with van der Waals surface area (Å²) in [6.45, 7) is 8.11. The zero-order valence-electron chi connectivity index (χ0n) is 18.3. The largest absolute Gasteiger partial charge is 0.355 e. The predicted molar refractivity (Wildman–Crippen MR) is 117 cm³/mol. The lowest BCUT2D eigenvalue weighted by Crippen LogP contribution is -3.14. The standard InChI is InChI=1S/C24H32N4O2/c1-19-6-4-5-7-22(19)17-27-12-14-28(15-13-27)23(29)18-26(3)16-20-8-10-21(11-9-20)24(30)25-2/h4-11H,12-18H2,1-3H3,(H,25,30)/p+2. The number of carbonyl (C=O) groups is 2. The molecule has 160 valence electrons. The third-order valence-electron chi connectivity index (χ3n) is 5.93. The number of aryl methyl sites for hydroxylation is 1. The van der Waals surface area contributed by atoms with Crippen molar-refractivity contribution in [2.75, 3.05) is 46.8 Å². The Morgan fingerprint density at radius 2 is 1.73 bits per heavy atom. The lowest BCUT2D eigenvalue weighted by Gasteiger charge is -2.32. The number of amides is 2. The molecule has 0 saturated carbocycles. The van der Waals surface area contributed by atoms with E-state index in [2.05, 4.69) is 36.5 Å². The van der Waals surface area contributed by atoms with Gasteiger partial charge in [0, 0.05) is 23.7 Å². The molecule has 1 fully saturated rings. The molecule has 1 unspecified atom stereocenters. The zero-order valence-corrected chi connectivity index (χ0v) is 18.3. The Kier molecular flexibility index (Phi) is 7.60. The normalized spacial score (nSPS) is 15.6. The van der Waals surface area contributed by atoms with Gasteiger partial charge in [0.1, 0.15) is 13.1 Å². The van der Waals surface area contributed by atoms with Crippen LogP contribution in [-0.4, -0.2) is 63.5 Å². The van der Waals surface area contributed by atoms with Gasteiger partial charge in [0.2, 0.25) is 0 Å². The van der Waals surface area contributed by atoms with E-state index in [1.54, 1.807) is 11.9 Å². The number of likely N-dealkylation sites (N-methyl/N-ethyl adjacent to an activating group) is 1. The van der Waals surface area contributed by atoms with Gasteiger partial charge in [0.15, 0.2) is 6.54 Å². The van der Waals surface area contributed by atoms with Crippen molar-refractivity contribution < 1.29 is 19.4 Å². The minimum absolute atomic E-state index is 0.0823. The van der Waals surface area contributed by atoms with Crippen LogP contribution in [0.4, 0.5) is 0 Å². The van der Waals surface area contributed by atoms with E-state index in [0.29, 0.717) is 12.1 Å². The third-order valence-corrected chi connectivity index (χ3v) is 5.93. The van der Waals surface area contributed by atoms with Gasteiger partial charge in [-0.15, -0.1) is 0 Å². The Balaban J connectivity index is 1.44. The summed E-state index contributed by atoms with van der Waals surface area (Å²) in [5.41, 5.74) is 4.53. The van der Waals surface area contributed by atoms with E-state index in [1.165, 1.54) is 11.1 Å². The molecule has 0 bridgehead atoms. The van der Waals surface area contributed by atoms with Gasteiger partial charge in [-0.05, 0) is 24.6 Å². The van der Waals surface area contributed by atoms with Gasteiger partial charge in [-0.3, -0.25) is 9.59 Å². The van der Waals surface area contributed by atoms with Crippen LogP contribution in [0.25, 0.3) is 0 Å². The minimum Gasteiger partial charge on any atom is -0.355 e. The van der Waals surface area contributed by atoms with Crippen LogP contribution in [0, 0.1) is 6.92 Å². The smallest absolute Gasteiger partial charge is 0.278 e. The maximum Gasteiger partial charge on any atom is 0.278 e. The Bertz CT molecular complexity index is 858. The average Bonchev–Trinajstić information content (AvgIpc) is 2.75. The Labute approximate surface area is 179 Å². The average molecular weight is 411 g/mol. The molecule has 3 N–H and O–H groups in total. The molecular formula is C24H34N4O2+2. The fourth-order valence-corrected chi connectivity index (χ4v) is 4.03. The number of quaternary nitrogens is 2. The van der Waals surface area contributed by atoms with E-state index in [4.69, 9.17) is 0 Å². The number of piperazine rings is 1. The first kappa shape index (κ1) is 22.0. The molecular weight excluding hydrogens is 376 g/mol. The molecule has 0 spiro atoms. The van der Waals surface area contributed by atoms with Crippen molar-refractivity contribution >= 4 is 11.8 Å². The van der Waals surface area contributed by atoms with Crippen LogP contribution in [0.1, 0.15) is 27.0 Å². The van der Waals surface area contributed by atoms with E-state index in [9.17, 15) is 9.59 Å². The molecule has 1 heterocycles. The van der Waals surface area contributed by atoms with Crippen LogP contribution in [0.5, 0.6) is 0 Å². The van der Waals surface area contributed by atoms with Crippen LogP contribution in [0.3, 0.4) is 0 Å². The highest BCUT2D eigenvalue weighted by Gasteiger charge is 2.25. The number of carbonyl (C=O) groups excluding carboxylic acids is 2. The van der Waals surface area contributed by atoms with E-state index in [0.717, 1.165) is 49.7 Å². The van der Waals surface area contributed by atoms with Crippen molar-refractivity contribution in [3.63, 3.8) is 0 Å². The van der Waals surface area contributed by atoms with Crippen LogP contribution in [-0.2, 0) is 17.9 Å². The molecule has 0 radical (unpaired) electrons. The molecule has 2 aromatic carbocycles. The van der Waals surface area contributed by atoms with Gasteiger partial charge >= 0.3 is 0 Å². The maximum absolute atomic E-state index is 12.7. The summed E-state index contributed by atoms with van der Waals surface area (Å²) < 4.78 is 0. The zero-order chi connectivity index (χ0) is 21.5. The number of nitrogens with zero attached hydrogens (tertiary/aromatic N) is 1. The van der Waals surface area contributed by atoms with E-state index in [1.807, 2.05) is 36.2 Å². The highest BCUT2D eigenvalue weighted by atomic mass is 16.2. The van der Waals surface area contributed by atoms with Crippen molar-refractivity contribution in [3.8, 4) is 0 Å². The van der Waals surface area contributed by atoms with Crippen molar-refractivity contribution in [3.05, 3.63) is 70.8 Å². The monoisotopic (exact) mass is 410 g/mol. The molecule has 6 heteroatoms. The number of rotatable bonds is 7. The van der Waals surface area contributed by atoms with Gasteiger partial charge in [-0.1, -0.05) is 36.4 Å². The molecule has 2 amide bonds. The van der Waals surface area contributed by atoms with Crippen LogP contribution < -0.4 is 15.1 Å². The van der Waals surface area contributed by atoms with Gasteiger partial charge in [0.25, 0.3) is 11.8 Å². The summed E-state index contributed by atoms with van der Waals surface area (Å²) in [5.74, 6) is 0.144. The second-order valence-electron chi connectivity index (χ2n) is 8.32. The summed E-state index contributed by atoms with van der Waals surface area (Å²) in [4.78, 5) is 29.1. The molecule has 1 aliphatic rings. The van der Waals surface area contributed by atoms with Gasteiger partial charge in [-0.2, -0.15) is 0 Å². The fraction of sp³-hybridized carbons (Fsp3) is 0.417. The topological polar surface area (TPSA) is 58.3 Å². The number of hydrogen-bond acceptors (Lipinski definition) is 2. The van der Waals surface area contributed by atoms with E-state index < -0.39 is 0 Å². The summed E-state index contributed by atoms with van der Waals surface area (Å²) in [7, 11) is 3.67. The Hall–Kier alpha value is -2.70. The second-order valence-corrected chi connectivity index (χ2v) is 8.32. The highest BCUT2D eigenvalue weighted by molar-refractivity contribution is 5.93. The number of hydrogen-bond donors (Lipinski definition) is 3. The molecule has 0 aromatic heterocycles. The van der Waals surface area contributed by atoms with Gasteiger partial charge in [0.05, 0.1) is 33.2 Å². The molecule has 1 aliphatic heterocycles. The number of benzene rings is 2. The first-order valence-corrected chi connectivity index (χ1v) is 10.7. The predicted octanol–water partition coefficient (Wildman–Crippen LogP) is -0.703. The first-order chi connectivity index (χ1) is 14.5.